The third-order valence-electron chi connectivity index (χ3n) is 2.82. The quantitative estimate of drug-likeness (QED) is 0.473. The maximum absolute atomic E-state index is 2.36. The molecule has 14 heavy (non-hydrogen) atoms. The summed E-state index contributed by atoms with van der Waals surface area (Å²) >= 11 is 0. The Kier molecular flexibility index (Phi) is 7.47. The van der Waals surface area contributed by atoms with Crippen LogP contribution >= 0.6 is 0 Å². The van der Waals surface area contributed by atoms with Crippen LogP contribution in [0.1, 0.15) is 64.2 Å². The SMILES string of the molecule is C1=C\CCCCCCCC/C=C\CC/1. The van der Waals surface area contributed by atoms with Crippen molar-refractivity contribution >= 4 is 0 Å². The fourth-order valence-electron chi connectivity index (χ4n) is 1.90. The first-order valence-electron chi connectivity index (χ1n) is 6.30. The van der Waals surface area contributed by atoms with Crippen molar-refractivity contribution in [1.29, 1.82) is 0 Å². The van der Waals surface area contributed by atoms with Crippen molar-refractivity contribution in [2.24, 2.45) is 0 Å². The fraction of sp³-hybridized carbons (Fsp3) is 0.714. The van der Waals surface area contributed by atoms with E-state index >= 15 is 0 Å². The van der Waals surface area contributed by atoms with E-state index in [9.17, 15) is 0 Å². The lowest BCUT2D eigenvalue weighted by atomic mass is 10.1. The summed E-state index contributed by atoms with van der Waals surface area (Å²) in [7, 11) is 0. The average Bonchev–Trinajstić information content (AvgIpc) is 2.22. The van der Waals surface area contributed by atoms with E-state index in [1.165, 1.54) is 64.2 Å². The van der Waals surface area contributed by atoms with Crippen LogP contribution in [-0.4, -0.2) is 0 Å². The lowest BCUT2D eigenvalue weighted by Gasteiger charge is -2.00. The first kappa shape index (κ1) is 11.6. The van der Waals surface area contributed by atoms with Gasteiger partial charge in [-0.05, 0) is 38.5 Å². The molecule has 0 atom stereocenters. The van der Waals surface area contributed by atoms with E-state index in [2.05, 4.69) is 24.3 Å². The first-order valence-corrected chi connectivity index (χ1v) is 6.30. The van der Waals surface area contributed by atoms with Crippen LogP contribution in [0.4, 0.5) is 0 Å². The molecule has 0 radical (unpaired) electrons. The standard InChI is InChI=1S/C14H24/c1-2-4-6-8-10-12-14-13-11-9-7-5-3-1/h1-2,7,9H,3-6,8,10-14H2/b2-1-,9-7-. The summed E-state index contributed by atoms with van der Waals surface area (Å²) in [6.45, 7) is 0. The minimum absolute atomic E-state index is 1.23. The molecule has 80 valence electrons. The highest BCUT2D eigenvalue weighted by Gasteiger charge is 1.90. The monoisotopic (exact) mass is 192 g/mol. The molecule has 0 bridgehead atoms. The molecular weight excluding hydrogens is 168 g/mol. The van der Waals surface area contributed by atoms with Crippen LogP contribution < -0.4 is 0 Å². The van der Waals surface area contributed by atoms with Gasteiger partial charge in [0.05, 0.1) is 0 Å². The molecule has 0 spiro atoms. The number of hydrogen-bond acceptors (Lipinski definition) is 0. The molecule has 0 aromatic carbocycles. The smallest absolute Gasteiger partial charge is 0.0316 e. The summed E-state index contributed by atoms with van der Waals surface area (Å²) in [6.07, 6.45) is 23.0. The molecule has 0 saturated carbocycles. The van der Waals surface area contributed by atoms with E-state index in [0.717, 1.165) is 0 Å². The van der Waals surface area contributed by atoms with Gasteiger partial charge in [-0.2, -0.15) is 0 Å². The van der Waals surface area contributed by atoms with Crippen molar-refractivity contribution in [3.63, 3.8) is 0 Å². The summed E-state index contributed by atoms with van der Waals surface area (Å²) in [5.41, 5.74) is 0. The van der Waals surface area contributed by atoms with Crippen LogP contribution in [0.3, 0.4) is 0 Å². The van der Waals surface area contributed by atoms with Gasteiger partial charge in [0.15, 0.2) is 0 Å². The largest absolute Gasteiger partial charge is 0.0885 e. The second kappa shape index (κ2) is 9.05. The van der Waals surface area contributed by atoms with Crippen LogP contribution in [0.2, 0.25) is 0 Å². The maximum atomic E-state index is 2.36. The Hall–Kier alpha value is -0.520. The third-order valence-corrected chi connectivity index (χ3v) is 2.82. The summed E-state index contributed by atoms with van der Waals surface area (Å²) in [5, 5.41) is 0. The van der Waals surface area contributed by atoms with E-state index in [1.54, 1.807) is 0 Å². The zero-order valence-corrected chi connectivity index (χ0v) is 9.38. The molecule has 1 rings (SSSR count). The zero-order chi connectivity index (χ0) is 9.90. The van der Waals surface area contributed by atoms with Crippen molar-refractivity contribution in [2.75, 3.05) is 0 Å². The molecule has 0 N–H and O–H groups in total. The normalized spacial score (nSPS) is 26.3. The van der Waals surface area contributed by atoms with Crippen LogP contribution in [0, 0.1) is 0 Å². The lowest BCUT2D eigenvalue weighted by Crippen LogP contribution is -1.80. The molecule has 0 amide bonds. The molecule has 0 unspecified atom stereocenters. The predicted octanol–water partition coefficient (Wildman–Crippen LogP) is 5.01. The topological polar surface area (TPSA) is 0 Å². The summed E-state index contributed by atoms with van der Waals surface area (Å²) in [6, 6.07) is 0. The molecule has 0 heterocycles. The van der Waals surface area contributed by atoms with Gasteiger partial charge in [-0.15, -0.1) is 0 Å². The maximum Gasteiger partial charge on any atom is -0.0316 e. The molecule has 0 aromatic rings. The summed E-state index contributed by atoms with van der Waals surface area (Å²) in [5.74, 6) is 0. The highest BCUT2D eigenvalue weighted by atomic mass is 14.0. The highest BCUT2D eigenvalue weighted by molar-refractivity contribution is 4.88. The van der Waals surface area contributed by atoms with Crippen molar-refractivity contribution in [3.05, 3.63) is 24.3 Å². The van der Waals surface area contributed by atoms with Crippen LogP contribution in [0.25, 0.3) is 0 Å². The van der Waals surface area contributed by atoms with Gasteiger partial charge in [0, 0.05) is 0 Å². The molecule has 0 aliphatic heterocycles. The Morgan fingerprint density at radius 1 is 0.357 bits per heavy atom. The van der Waals surface area contributed by atoms with E-state index in [1.807, 2.05) is 0 Å². The second-order valence-corrected chi connectivity index (χ2v) is 4.22. The number of rotatable bonds is 0. The van der Waals surface area contributed by atoms with Crippen LogP contribution in [-0.2, 0) is 0 Å². The molecule has 0 heteroatoms. The van der Waals surface area contributed by atoms with Gasteiger partial charge in [-0.1, -0.05) is 50.0 Å². The highest BCUT2D eigenvalue weighted by Crippen LogP contribution is 2.10. The Labute approximate surface area is 89.1 Å². The summed E-state index contributed by atoms with van der Waals surface area (Å²) < 4.78 is 0. The Bertz CT molecular complexity index is 145. The van der Waals surface area contributed by atoms with Crippen LogP contribution in [0.5, 0.6) is 0 Å². The summed E-state index contributed by atoms with van der Waals surface area (Å²) in [4.78, 5) is 0. The first-order chi connectivity index (χ1) is 7.00. The fourth-order valence-corrected chi connectivity index (χ4v) is 1.90. The number of hydrogen-bond donors (Lipinski definition) is 0. The average molecular weight is 192 g/mol. The van der Waals surface area contributed by atoms with Gasteiger partial charge in [0.2, 0.25) is 0 Å². The van der Waals surface area contributed by atoms with Gasteiger partial charge in [0.25, 0.3) is 0 Å². The lowest BCUT2D eigenvalue weighted by molar-refractivity contribution is 0.599. The molecule has 0 nitrogen and oxygen atoms in total. The molecular formula is C14H24. The minimum atomic E-state index is 1.23. The van der Waals surface area contributed by atoms with E-state index in [-0.39, 0.29) is 0 Å². The third kappa shape index (κ3) is 6.94. The Morgan fingerprint density at radius 3 is 1.21 bits per heavy atom. The number of allylic oxidation sites excluding steroid dienone is 4. The molecule has 1 aliphatic rings. The molecule has 1 aliphatic carbocycles. The van der Waals surface area contributed by atoms with E-state index < -0.39 is 0 Å². The van der Waals surface area contributed by atoms with Gasteiger partial charge in [-0.3, -0.25) is 0 Å². The van der Waals surface area contributed by atoms with Gasteiger partial charge in [0.1, 0.15) is 0 Å². The Balaban J connectivity index is 2.17. The predicted molar refractivity (Wildman–Crippen MR) is 64.5 cm³/mol. The molecule has 0 saturated heterocycles. The Morgan fingerprint density at radius 2 is 0.714 bits per heavy atom. The van der Waals surface area contributed by atoms with Gasteiger partial charge >= 0.3 is 0 Å². The van der Waals surface area contributed by atoms with Crippen molar-refractivity contribution in [1.82, 2.24) is 0 Å². The van der Waals surface area contributed by atoms with Crippen LogP contribution in [0.15, 0.2) is 24.3 Å². The van der Waals surface area contributed by atoms with Crippen molar-refractivity contribution in [2.45, 2.75) is 64.2 Å². The van der Waals surface area contributed by atoms with Gasteiger partial charge in [-0.25, -0.2) is 0 Å². The van der Waals surface area contributed by atoms with Gasteiger partial charge < -0.3 is 0 Å². The van der Waals surface area contributed by atoms with E-state index in [0.29, 0.717) is 0 Å². The van der Waals surface area contributed by atoms with Crippen molar-refractivity contribution in [3.8, 4) is 0 Å². The molecule has 0 fully saturated rings. The van der Waals surface area contributed by atoms with E-state index in [4.69, 9.17) is 0 Å². The second-order valence-electron chi connectivity index (χ2n) is 4.22. The molecule has 0 aromatic heterocycles. The minimum Gasteiger partial charge on any atom is -0.0885 e. The van der Waals surface area contributed by atoms with Crippen molar-refractivity contribution < 1.29 is 0 Å². The zero-order valence-electron chi connectivity index (χ0n) is 9.38.